The van der Waals surface area contributed by atoms with Gasteiger partial charge >= 0.3 is 0 Å². The molecule has 84 valence electrons. The van der Waals surface area contributed by atoms with Gasteiger partial charge in [-0.3, -0.25) is 0 Å². The lowest BCUT2D eigenvalue weighted by molar-refractivity contribution is -0.335. The molecule has 1 heterocycles. The first-order valence-electron chi connectivity index (χ1n) is 5.60. The third kappa shape index (κ3) is 3.25. The van der Waals surface area contributed by atoms with Gasteiger partial charge in [0.15, 0.2) is 5.79 Å². The minimum absolute atomic E-state index is 0.0543. The molecular weight excluding hydrogens is 176 g/mol. The summed E-state index contributed by atoms with van der Waals surface area (Å²) in [6.07, 6.45) is 2.23. The molecule has 1 fully saturated rings. The lowest BCUT2D eigenvalue weighted by atomic mass is 9.95. The van der Waals surface area contributed by atoms with Gasteiger partial charge in [-0.05, 0) is 33.6 Å². The van der Waals surface area contributed by atoms with Crippen molar-refractivity contribution in [3.63, 3.8) is 0 Å². The van der Waals surface area contributed by atoms with E-state index in [4.69, 9.17) is 9.47 Å². The molecule has 2 atom stereocenters. The molecule has 14 heavy (non-hydrogen) atoms. The van der Waals surface area contributed by atoms with E-state index < -0.39 is 5.79 Å². The zero-order valence-electron chi connectivity index (χ0n) is 10.4. The average molecular weight is 200 g/mol. The predicted molar refractivity (Wildman–Crippen MR) is 58.2 cm³/mol. The van der Waals surface area contributed by atoms with Crippen molar-refractivity contribution in [2.45, 2.75) is 71.9 Å². The molecular formula is C12H24O2. The van der Waals surface area contributed by atoms with Crippen molar-refractivity contribution >= 4 is 0 Å². The van der Waals surface area contributed by atoms with Gasteiger partial charge in [0.1, 0.15) is 0 Å². The van der Waals surface area contributed by atoms with E-state index in [1.807, 2.05) is 0 Å². The Kier molecular flexibility index (Phi) is 3.27. The van der Waals surface area contributed by atoms with Crippen molar-refractivity contribution in [1.82, 2.24) is 0 Å². The fourth-order valence-electron chi connectivity index (χ4n) is 2.64. The summed E-state index contributed by atoms with van der Waals surface area (Å²) < 4.78 is 11.9. The maximum atomic E-state index is 6.02. The summed E-state index contributed by atoms with van der Waals surface area (Å²) in [4.78, 5) is 0. The van der Waals surface area contributed by atoms with Crippen molar-refractivity contribution < 1.29 is 9.47 Å². The average Bonchev–Trinajstić information content (AvgIpc) is 1.74. The summed E-state index contributed by atoms with van der Waals surface area (Å²) in [5, 5.41) is 0. The zero-order valence-corrected chi connectivity index (χ0v) is 10.4. The van der Waals surface area contributed by atoms with Gasteiger partial charge in [-0.2, -0.15) is 0 Å². The monoisotopic (exact) mass is 200 g/mol. The minimum Gasteiger partial charge on any atom is -0.347 e. The predicted octanol–water partition coefficient (Wildman–Crippen LogP) is 3.35. The van der Waals surface area contributed by atoms with Crippen molar-refractivity contribution in [2.75, 3.05) is 0 Å². The van der Waals surface area contributed by atoms with E-state index in [0.717, 1.165) is 12.8 Å². The quantitative estimate of drug-likeness (QED) is 0.680. The highest BCUT2D eigenvalue weighted by Crippen LogP contribution is 2.37. The van der Waals surface area contributed by atoms with Gasteiger partial charge in [-0.25, -0.2) is 0 Å². The summed E-state index contributed by atoms with van der Waals surface area (Å²) >= 11 is 0. The van der Waals surface area contributed by atoms with E-state index in [1.165, 1.54) is 0 Å². The van der Waals surface area contributed by atoms with Crippen molar-refractivity contribution in [2.24, 2.45) is 5.92 Å². The lowest BCUT2D eigenvalue weighted by Gasteiger charge is -2.46. The Labute approximate surface area is 88.0 Å². The van der Waals surface area contributed by atoms with Crippen LogP contribution < -0.4 is 0 Å². The molecule has 2 heteroatoms. The summed E-state index contributed by atoms with van der Waals surface area (Å²) in [5.74, 6) is 0.205. The summed E-state index contributed by atoms with van der Waals surface area (Å²) in [5.41, 5.74) is -0.0543. The van der Waals surface area contributed by atoms with Crippen LogP contribution in [0.2, 0.25) is 0 Å². The molecule has 1 aliphatic heterocycles. The standard InChI is InChI=1S/C12H24O2/c1-9(2)7-12(6)13-10(3)8-11(4,5)14-12/h9-10H,7-8H2,1-6H3/t10-,12+/m0/s1. The van der Waals surface area contributed by atoms with Crippen LogP contribution in [0.3, 0.4) is 0 Å². The van der Waals surface area contributed by atoms with E-state index in [9.17, 15) is 0 Å². The van der Waals surface area contributed by atoms with Crippen LogP contribution in [0.5, 0.6) is 0 Å². The molecule has 0 unspecified atom stereocenters. The molecule has 0 aromatic heterocycles. The second-order valence-electron chi connectivity index (χ2n) is 5.73. The first kappa shape index (κ1) is 12.0. The molecule has 2 nitrogen and oxygen atoms in total. The highest BCUT2D eigenvalue weighted by molar-refractivity contribution is 4.83. The second kappa shape index (κ2) is 3.82. The minimum atomic E-state index is -0.394. The third-order valence-corrected chi connectivity index (χ3v) is 2.50. The van der Waals surface area contributed by atoms with Gasteiger partial charge in [0, 0.05) is 12.8 Å². The SMILES string of the molecule is CC(C)C[C@]1(C)O[C@@H](C)CC(C)(C)O1. The summed E-state index contributed by atoms with van der Waals surface area (Å²) in [7, 11) is 0. The van der Waals surface area contributed by atoms with E-state index in [2.05, 4.69) is 41.5 Å². The fraction of sp³-hybridized carbons (Fsp3) is 1.00. The Morgan fingerprint density at radius 3 is 2.29 bits per heavy atom. The molecule has 0 amide bonds. The summed E-state index contributed by atoms with van der Waals surface area (Å²) in [6, 6.07) is 0. The van der Waals surface area contributed by atoms with Gasteiger partial charge in [-0.15, -0.1) is 0 Å². The van der Waals surface area contributed by atoms with Gasteiger partial charge in [0.25, 0.3) is 0 Å². The number of ether oxygens (including phenoxy) is 2. The third-order valence-electron chi connectivity index (χ3n) is 2.50. The Morgan fingerprint density at radius 1 is 1.29 bits per heavy atom. The Morgan fingerprint density at radius 2 is 1.86 bits per heavy atom. The van der Waals surface area contributed by atoms with Crippen LogP contribution in [0.25, 0.3) is 0 Å². The van der Waals surface area contributed by atoms with Crippen molar-refractivity contribution in [3.05, 3.63) is 0 Å². The molecule has 1 saturated heterocycles. The topological polar surface area (TPSA) is 18.5 Å². The number of hydrogen-bond acceptors (Lipinski definition) is 2. The van der Waals surface area contributed by atoms with Crippen LogP contribution in [0.4, 0.5) is 0 Å². The van der Waals surface area contributed by atoms with E-state index in [1.54, 1.807) is 0 Å². The zero-order chi connectivity index (χ0) is 11.0. The van der Waals surface area contributed by atoms with Gasteiger partial charge in [0.2, 0.25) is 0 Å². The van der Waals surface area contributed by atoms with E-state index in [0.29, 0.717) is 12.0 Å². The largest absolute Gasteiger partial charge is 0.347 e. The van der Waals surface area contributed by atoms with Crippen LogP contribution in [0, 0.1) is 5.92 Å². The molecule has 1 aliphatic rings. The molecule has 0 bridgehead atoms. The van der Waals surface area contributed by atoms with E-state index >= 15 is 0 Å². The van der Waals surface area contributed by atoms with Gasteiger partial charge in [0.05, 0.1) is 11.7 Å². The fourth-order valence-corrected chi connectivity index (χ4v) is 2.64. The first-order chi connectivity index (χ1) is 6.22. The molecule has 0 N–H and O–H groups in total. The van der Waals surface area contributed by atoms with E-state index in [-0.39, 0.29) is 5.60 Å². The molecule has 0 spiro atoms. The lowest BCUT2D eigenvalue weighted by Crippen LogP contribution is -2.50. The second-order valence-corrected chi connectivity index (χ2v) is 5.73. The number of rotatable bonds is 2. The molecule has 0 aliphatic carbocycles. The maximum absolute atomic E-state index is 6.02. The Balaban J connectivity index is 2.68. The summed E-state index contributed by atoms with van der Waals surface area (Å²) in [6.45, 7) is 12.9. The van der Waals surface area contributed by atoms with Crippen LogP contribution in [0.1, 0.15) is 54.4 Å². The Hall–Kier alpha value is -0.0800. The van der Waals surface area contributed by atoms with Gasteiger partial charge in [-0.1, -0.05) is 13.8 Å². The first-order valence-corrected chi connectivity index (χ1v) is 5.60. The normalized spacial score (nSPS) is 37.5. The number of hydrogen-bond donors (Lipinski definition) is 0. The van der Waals surface area contributed by atoms with Crippen LogP contribution in [-0.4, -0.2) is 17.5 Å². The van der Waals surface area contributed by atoms with Crippen LogP contribution >= 0.6 is 0 Å². The molecule has 0 aromatic rings. The van der Waals surface area contributed by atoms with Crippen LogP contribution in [-0.2, 0) is 9.47 Å². The van der Waals surface area contributed by atoms with Gasteiger partial charge < -0.3 is 9.47 Å². The maximum Gasteiger partial charge on any atom is 0.166 e. The molecule has 0 saturated carbocycles. The molecule has 1 rings (SSSR count). The molecule has 0 aromatic carbocycles. The smallest absolute Gasteiger partial charge is 0.166 e. The van der Waals surface area contributed by atoms with Crippen molar-refractivity contribution in [1.29, 1.82) is 0 Å². The van der Waals surface area contributed by atoms with Crippen molar-refractivity contribution in [3.8, 4) is 0 Å². The highest BCUT2D eigenvalue weighted by Gasteiger charge is 2.41. The Bertz CT molecular complexity index is 194. The van der Waals surface area contributed by atoms with Crippen LogP contribution in [0.15, 0.2) is 0 Å². The highest BCUT2D eigenvalue weighted by atomic mass is 16.7. The molecule has 0 radical (unpaired) electrons.